The number of rotatable bonds is 10. The SMILES string of the molecule is CCCCCCCCCC(O)c1cc(C)c(OC)cc1C. The minimum atomic E-state index is -0.342. The molecule has 2 nitrogen and oxygen atoms in total. The van der Waals surface area contributed by atoms with Crippen molar-refractivity contribution in [2.45, 2.75) is 78.2 Å². The van der Waals surface area contributed by atoms with Gasteiger partial charge in [-0.15, -0.1) is 0 Å². The molecule has 1 rings (SSSR count). The summed E-state index contributed by atoms with van der Waals surface area (Å²) in [6.45, 7) is 6.32. The first-order chi connectivity index (χ1) is 10.1. The van der Waals surface area contributed by atoms with Gasteiger partial charge in [-0.2, -0.15) is 0 Å². The molecule has 1 aromatic rings. The van der Waals surface area contributed by atoms with Crippen LogP contribution in [-0.2, 0) is 0 Å². The Balaban J connectivity index is 2.38. The van der Waals surface area contributed by atoms with Crippen LogP contribution in [0, 0.1) is 13.8 Å². The molecule has 0 radical (unpaired) electrons. The molecular weight excluding hydrogens is 260 g/mol. The highest BCUT2D eigenvalue weighted by molar-refractivity contribution is 5.42. The Kier molecular flexibility index (Phi) is 8.44. The van der Waals surface area contributed by atoms with Crippen LogP contribution in [0.25, 0.3) is 0 Å². The van der Waals surface area contributed by atoms with Gasteiger partial charge in [-0.05, 0) is 49.1 Å². The number of aliphatic hydroxyl groups excluding tert-OH is 1. The van der Waals surface area contributed by atoms with E-state index < -0.39 is 0 Å². The van der Waals surface area contributed by atoms with Gasteiger partial charge in [-0.1, -0.05) is 51.9 Å². The average Bonchev–Trinajstić information content (AvgIpc) is 2.48. The van der Waals surface area contributed by atoms with E-state index in [0.29, 0.717) is 0 Å². The van der Waals surface area contributed by atoms with E-state index in [1.165, 1.54) is 38.5 Å². The van der Waals surface area contributed by atoms with Crippen LogP contribution in [0.2, 0.25) is 0 Å². The number of hydrogen-bond acceptors (Lipinski definition) is 2. The number of aliphatic hydroxyl groups is 1. The summed E-state index contributed by atoms with van der Waals surface area (Å²) >= 11 is 0. The maximum absolute atomic E-state index is 10.4. The zero-order chi connectivity index (χ0) is 15.7. The van der Waals surface area contributed by atoms with Crippen molar-refractivity contribution in [3.05, 3.63) is 28.8 Å². The quantitative estimate of drug-likeness (QED) is 0.578. The van der Waals surface area contributed by atoms with E-state index >= 15 is 0 Å². The van der Waals surface area contributed by atoms with Gasteiger partial charge in [-0.25, -0.2) is 0 Å². The fourth-order valence-electron chi connectivity index (χ4n) is 2.84. The van der Waals surface area contributed by atoms with Gasteiger partial charge in [0, 0.05) is 0 Å². The molecule has 0 bridgehead atoms. The highest BCUT2D eigenvalue weighted by Gasteiger charge is 2.12. The average molecular weight is 292 g/mol. The van der Waals surface area contributed by atoms with Crippen LogP contribution < -0.4 is 4.74 Å². The van der Waals surface area contributed by atoms with Crippen LogP contribution in [0.4, 0.5) is 0 Å². The molecule has 0 saturated carbocycles. The summed E-state index contributed by atoms with van der Waals surface area (Å²) in [6, 6.07) is 4.10. The Hall–Kier alpha value is -1.02. The van der Waals surface area contributed by atoms with Gasteiger partial charge in [0.2, 0.25) is 0 Å². The molecule has 120 valence electrons. The van der Waals surface area contributed by atoms with E-state index in [1.54, 1.807) is 7.11 Å². The molecule has 0 saturated heterocycles. The number of ether oxygens (including phenoxy) is 1. The van der Waals surface area contributed by atoms with Crippen molar-refractivity contribution in [2.75, 3.05) is 7.11 Å². The Bertz CT molecular complexity index is 412. The van der Waals surface area contributed by atoms with Crippen LogP contribution in [-0.4, -0.2) is 12.2 Å². The molecule has 1 aromatic carbocycles. The number of hydrogen-bond donors (Lipinski definition) is 1. The molecule has 0 spiro atoms. The lowest BCUT2D eigenvalue weighted by Crippen LogP contribution is -2.02. The summed E-state index contributed by atoms with van der Waals surface area (Å²) in [5.41, 5.74) is 3.27. The maximum atomic E-state index is 10.4. The largest absolute Gasteiger partial charge is 0.496 e. The standard InChI is InChI=1S/C19H32O2/c1-5-6-7-8-9-10-11-12-18(20)17-13-16(3)19(21-4)14-15(17)2/h13-14,18,20H,5-12H2,1-4H3. The van der Waals surface area contributed by atoms with Crippen LogP contribution in [0.3, 0.4) is 0 Å². The highest BCUT2D eigenvalue weighted by atomic mass is 16.5. The van der Waals surface area contributed by atoms with E-state index in [0.717, 1.165) is 35.3 Å². The molecular formula is C19H32O2. The van der Waals surface area contributed by atoms with Gasteiger partial charge in [0.05, 0.1) is 13.2 Å². The summed E-state index contributed by atoms with van der Waals surface area (Å²) in [4.78, 5) is 0. The van der Waals surface area contributed by atoms with Gasteiger partial charge in [0.15, 0.2) is 0 Å². The monoisotopic (exact) mass is 292 g/mol. The molecule has 0 aliphatic heterocycles. The predicted octanol–water partition coefficient (Wildman–Crippen LogP) is 5.49. The Morgan fingerprint density at radius 1 is 0.952 bits per heavy atom. The second-order valence-corrected chi connectivity index (χ2v) is 6.10. The van der Waals surface area contributed by atoms with Crippen molar-refractivity contribution < 1.29 is 9.84 Å². The Morgan fingerprint density at radius 2 is 1.57 bits per heavy atom. The highest BCUT2D eigenvalue weighted by Crippen LogP contribution is 2.29. The lowest BCUT2D eigenvalue weighted by atomic mass is 9.96. The zero-order valence-electron chi connectivity index (χ0n) is 14.2. The third-order valence-electron chi connectivity index (χ3n) is 4.22. The minimum absolute atomic E-state index is 0.342. The number of benzene rings is 1. The summed E-state index contributed by atoms with van der Waals surface area (Å²) in [7, 11) is 1.69. The Labute approximate surface area is 130 Å². The summed E-state index contributed by atoms with van der Waals surface area (Å²) in [5, 5.41) is 10.4. The van der Waals surface area contributed by atoms with Crippen molar-refractivity contribution in [3.8, 4) is 5.75 Å². The number of unbranched alkanes of at least 4 members (excludes halogenated alkanes) is 6. The first kappa shape index (κ1) is 18.0. The lowest BCUT2D eigenvalue weighted by molar-refractivity contribution is 0.162. The van der Waals surface area contributed by atoms with Crippen molar-refractivity contribution in [1.82, 2.24) is 0 Å². The van der Waals surface area contributed by atoms with Gasteiger partial charge in [0.25, 0.3) is 0 Å². The predicted molar refractivity (Wildman–Crippen MR) is 90.0 cm³/mol. The van der Waals surface area contributed by atoms with Crippen molar-refractivity contribution >= 4 is 0 Å². The topological polar surface area (TPSA) is 29.5 Å². The summed E-state index contributed by atoms with van der Waals surface area (Å²) in [6.07, 6.45) is 9.51. The molecule has 0 aromatic heterocycles. The smallest absolute Gasteiger partial charge is 0.122 e. The van der Waals surface area contributed by atoms with Gasteiger partial charge in [0.1, 0.15) is 5.75 Å². The molecule has 0 fully saturated rings. The minimum Gasteiger partial charge on any atom is -0.496 e. The van der Waals surface area contributed by atoms with Gasteiger partial charge >= 0.3 is 0 Å². The van der Waals surface area contributed by atoms with Crippen LogP contribution in [0.1, 0.15) is 81.1 Å². The van der Waals surface area contributed by atoms with E-state index in [4.69, 9.17) is 4.74 Å². The van der Waals surface area contributed by atoms with Crippen molar-refractivity contribution in [3.63, 3.8) is 0 Å². The molecule has 2 heteroatoms. The van der Waals surface area contributed by atoms with Crippen LogP contribution >= 0.6 is 0 Å². The molecule has 0 amide bonds. The van der Waals surface area contributed by atoms with Crippen LogP contribution in [0.15, 0.2) is 12.1 Å². The van der Waals surface area contributed by atoms with E-state index in [9.17, 15) is 5.11 Å². The molecule has 1 atom stereocenters. The van der Waals surface area contributed by atoms with Gasteiger partial charge < -0.3 is 9.84 Å². The van der Waals surface area contributed by atoms with E-state index in [2.05, 4.69) is 13.0 Å². The van der Waals surface area contributed by atoms with Crippen LogP contribution in [0.5, 0.6) is 5.75 Å². The van der Waals surface area contributed by atoms with E-state index in [-0.39, 0.29) is 6.10 Å². The zero-order valence-corrected chi connectivity index (χ0v) is 14.2. The summed E-state index contributed by atoms with van der Waals surface area (Å²) in [5.74, 6) is 0.902. The molecule has 0 aliphatic carbocycles. The summed E-state index contributed by atoms with van der Waals surface area (Å²) < 4.78 is 5.32. The molecule has 0 aliphatic rings. The molecule has 1 N–H and O–H groups in total. The fourth-order valence-corrected chi connectivity index (χ4v) is 2.84. The number of aryl methyl sites for hydroxylation is 2. The normalized spacial score (nSPS) is 12.4. The second-order valence-electron chi connectivity index (χ2n) is 6.10. The Morgan fingerprint density at radius 3 is 2.19 bits per heavy atom. The van der Waals surface area contributed by atoms with E-state index in [1.807, 2.05) is 19.9 Å². The van der Waals surface area contributed by atoms with Gasteiger partial charge in [-0.3, -0.25) is 0 Å². The number of methoxy groups -OCH3 is 1. The lowest BCUT2D eigenvalue weighted by Gasteiger charge is -2.16. The molecule has 1 unspecified atom stereocenters. The first-order valence-electron chi connectivity index (χ1n) is 8.43. The van der Waals surface area contributed by atoms with Crippen molar-refractivity contribution in [1.29, 1.82) is 0 Å². The van der Waals surface area contributed by atoms with Crippen molar-refractivity contribution in [2.24, 2.45) is 0 Å². The third kappa shape index (κ3) is 6.09. The molecule has 0 heterocycles. The maximum Gasteiger partial charge on any atom is 0.122 e. The molecule has 21 heavy (non-hydrogen) atoms. The first-order valence-corrected chi connectivity index (χ1v) is 8.43. The third-order valence-corrected chi connectivity index (χ3v) is 4.22. The second kappa shape index (κ2) is 9.83. The fraction of sp³-hybridized carbons (Fsp3) is 0.684.